The molecule has 0 aliphatic carbocycles. The summed E-state index contributed by atoms with van der Waals surface area (Å²) < 4.78 is 6.95. The van der Waals surface area contributed by atoms with E-state index in [0.717, 1.165) is 22.6 Å². The van der Waals surface area contributed by atoms with Gasteiger partial charge in [-0.05, 0) is 47.5 Å². The predicted molar refractivity (Wildman–Crippen MR) is 110 cm³/mol. The predicted octanol–water partition coefficient (Wildman–Crippen LogP) is 4.80. The molecular weight excluding hydrogens is 350 g/mol. The number of amides is 1. The molecule has 5 nitrogen and oxygen atoms in total. The van der Waals surface area contributed by atoms with Gasteiger partial charge >= 0.3 is 0 Å². The number of nitrogens with one attached hydrogen (secondary N) is 1. The van der Waals surface area contributed by atoms with E-state index in [1.807, 2.05) is 85.1 Å². The van der Waals surface area contributed by atoms with Crippen LogP contribution in [0.2, 0.25) is 0 Å². The van der Waals surface area contributed by atoms with Crippen molar-refractivity contribution in [1.82, 2.24) is 9.78 Å². The number of rotatable bonds is 5. The van der Waals surface area contributed by atoms with E-state index in [1.54, 1.807) is 18.0 Å². The van der Waals surface area contributed by atoms with Crippen LogP contribution in [0.1, 0.15) is 10.4 Å². The van der Waals surface area contributed by atoms with Gasteiger partial charge < -0.3 is 10.1 Å². The van der Waals surface area contributed by atoms with Crippen LogP contribution in [0.25, 0.3) is 16.8 Å². The normalized spacial score (nSPS) is 10.5. The number of hydrogen-bond acceptors (Lipinski definition) is 3. The summed E-state index contributed by atoms with van der Waals surface area (Å²) in [4.78, 5) is 13.1. The quantitative estimate of drug-likeness (QED) is 0.550. The Morgan fingerprint density at radius 1 is 0.929 bits per heavy atom. The molecule has 0 aliphatic heterocycles. The van der Waals surface area contributed by atoms with Crippen molar-refractivity contribution in [3.05, 3.63) is 96.8 Å². The van der Waals surface area contributed by atoms with E-state index in [1.165, 1.54) is 0 Å². The topological polar surface area (TPSA) is 56.1 Å². The number of carbonyl (C=O) groups excluding carboxylic acids is 1. The van der Waals surface area contributed by atoms with Crippen LogP contribution in [-0.2, 0) is 0 Å². The van der Waals surface area contributed by atoms with Crippen molar-refractivity contribution in [3.8, 4) is 22.6 Å². The number of methoxy groups -OCH3 is 1. The number of anilines is 1. The summed E-state index contributed by atoms with van der Waals surface area (Å²) in [6.07, 6.45) is 3.55. The summed E-state index contributed by atoms with van der Waals surface area (Å²) >= 11 is 0. The van der Waals surface area contributed by atoms with Gasteiger partial charge in [-0.2, -0.15) is 5.10 Å². The van der Waals surface area contributed by atoms with Crippen molar-refractivity contribution >= 4 is 11.6 Å². The van der Waals surface area contributed by atoms with E-state index in [0.29, 0.717) is 11.3 Å². The summed E-state index contributed by atoms with van der Waals surface area (Å²) in [6, 6.07) is 24.6. The summed E-state index contributed by atoms with van der Waals surface area (Å²) in [6.45, 7) is 0. The first kappa shape index (κ1) is 17.5. The van der Waals surface area contributed by atoms with Gasteiger partial charge in [-0.25, -0.2) is 4.68 Å². The Hall–Kier alpha value is -3.86. The maximum absolute atomic E-state index is 13.1. The van der Waals surface area contributed by atoms with Crippen LogP contribution in [0.3, 0.4) is 0 Å². The van der Waals surface area contributed by atoms with Gasteiger partial charge in [0.25, 0.3) is 5.91 Å². The monoisotopic (exact) mass is 369 g/mol. The van der Waals surface area contributed by atoms with Crippen molar-refractivity contribution in [1.29, 1.82) is 0 Å². The number of ether oxygens (including phenoxy) is 1. The SMILES string of the molecule is COc1ccc(-c2ccccc2C(=O)Nc2ccccc2-n2cccn2)cc1. The molecule has 1 N–H and O–H groups in total. The lowest BCUT2D eigenvalue weighted by Gasteiger charge is -2.13. The van der Waals surface area contributed by atoms with Gasteiger partial charge in [-0.1, -0.05) is 42.5 Å². The average molecular weight is 369 g/mol. The molecular formula is C23H19N3O2. The highest BCUT2D eigenvalue weighted by molar-refractivity contribution is 6.09. The third-order valence-corrected chi connectivity index (χ3v) is 4.48. The fraction of sp³-hybridized carbons (Fsp3) is 0.0435. The summed E-state index contributed by atoms with van der Waals surface area (Å²) in [5.74, 6) is 0.602. The standard InChI is InChI=1S/C23H19N3O2/c1-28-18-13-11-17(12-14-18)19-7-2-3-8-20(19)23(27)25-21-9-4-5-10-22(21)26-16-6-15-24-26/h2-16H,1H3,(H,25,27). The Kier molecular flexibility index (Phi) is 4.89. The molecule has 4 rings (SSSR count). The molecule has 0 atom stereocenters. The number of benzene rings is 3. The molecule has 0 aliphatic rings. The van der Waals surface area contributed by atoms with Crippen LogP contribution < -0.4 is 10.1 Å². The second kappa shape index (κ2) is 7.80. The Morgan fingerprint density at radius 3 is 2.43 bits per heavy atom. The molecule has 0 unspecified atom stereocenters. The molecule has 0 spiro atoms. The minimum Gasteiger partial charge on any atom is -0.497 e. The van der Waals surface area contributed by atoms with E-state index in [9.17, 15) is 4.79 Å². The van der Waals surface area contributed by atoms with Crippen LogP contribution in [-0.4, -0.2) is 22.8 Å². The highest BCUT2D eigenvalue weighted by Gasteiger charge is 2.15. The van der Waals surface area contributed by atoms with Crippen molar-refractivity contribution in [2.45, 2.75) is 0 Å². The molecule has 138 valence electrons. The first-order chi connectivity index (χ1) is 13.8. The van der Waals surface area contributed by atoms with Gasteiger partial charge in [0.2, 0.25) is 0 Å². The first-order valence-electron chi connectivity index (χ1n) is 8.90. The summed E-state index contributed by atoms with van der Waals surface area (Å²) in [7, 11) is 1.63. The smallest absolute Gasteiger partial charge is 0.256 e. The van der Waals surface area contributed by atoms with Crippen LogP contribution in [0.5, 0.6) is 5.75 Å². The summed E-state index contributed by atoms with van der Waals surface area (Å²) in [5, 5.41) is 7.29. The van der Waals surface area contributed by atoms with Crippen LogP contribution in [0.4, 0.5) is 5.69 Å². The number of para-hydroxylation sites is 2. The lowest BCUT2D eigenvalue weighted by atomic mass is 9.99. The van der Waals surface area contributed by atoms with Gasteiger partial charge in [0.15, 0.2) is 0 Å². The lowest BCUT2D eigenvalue weighted by Crippen LogP contribution is -2.15. The van der Waals surface area contributed by atoms with E-state index in [4.69, 9.17) is 4.74 Å². The lowest BCUT2D eigenvalue weighted by molar-refractivity contribution is 0.102. The fourth-order valence-corrected chi connectivity index (χ4v) is 3.08. The summed E-state index contributed by atoms with van der Waals surface area (Å²) in [5.41, 5.74) is 3.91. The molecule has 1 aromatic heterocycles. The van der Waals surface area contributed by atoms with Crippen molar-refractivity contribution in [2.24, 2.45) is 0 Å². The Morgan fingerprint density at radius 2 is 1.68 bits per heavy atom. The molecule has 4 aromatic rings. The first-order valence-corrected chi connectivity index (χ1v) is 8.90. The second-order valence-electron chi connectivity index (χ2n) is 6.20. The fourth-order valence-electron chi connectivity index (χ4n) is 3.08. The molecule has 3 aromatic carbocycles. The number of aromatic nitrogens is 2. The molecule has 1 amide bonds. The van der Waals surface area contributed by atoms with E-state index >= 15 is 0 Å². The van der Waals surface area contributed by atoms with Crippen LogP contribution >= 0.6 is 0 Å². The zero-order chi connectivity index (χ0) is 19.3. The molecule has 1 heterocycles. The third-order valence-electron chi connectivity index (χ3n) is 4.48. The molecule has 0 saturated carbocycles. The molecule has 28 heavy (non-hydrogen) atoms. The zero-order valence-corrected chi connectivity index (χ0v) is 15.4. The minimum absolute atomic E-state index is 0.175. The zero-order valence-electron chi connectivity index (χ0n) is 15.4. The van der Waals surface area contributed by atoms with Crippen molar-refractivity contribution in [3.63, 3.8) is 0 Å². The van der Waals surface area contributed by atoms with E-state index in [-0.39, 0.29) is 5.91 Å². The minimum atomic E-state index is -0.175. The van der Waals surface area contributed by atoms with Crippen LogP contribution in [0.15, 0.2) is 91.3 Å². The molecule has 0 fully saturated rings. The maximum atomic E-state index is 13.1. The van der Waals surface area contributed by atoms with Gasteiger partial charge in [0.1, 0.15) is 5.75 Å². The average Bonchev–Trinajstić information content (AvgIpc) is 3.29. The second-order valence-corrected chi connectivity index (χ2v) is 6.20. The van der Waals surface area contributed by atoms with Gasteiger partial charge in [0, 0.05) is 18.0 Å². The van der Waals surface area contributed by atoms with Crippen LogP contribution in [0, 0.1) is 0 Å². The Bertz CT molecular complexity index is 1090. The molecule has 0 saturated heterocycles. The van der Waals surface area contributed by atoms with E-state index < -0.39 is 0 Å². The largest absolute Gasteiger partial charge is 0.497 e. The molecule has 5 heteroatoms. The van der Waals surface area contributed by atoms with Crippen molar-refractivity contribution < 1.29 is 9.53 Å². The number of hydrogen-bond donors (Lipinski definition) is 1. The third kappa shape index (κ3) is 3.50. The van der Waals surface area contributed by atoms with E-state index in [2.05, 4.69) is 10.4 Å². The number of carbonyl (C=O) groups is 1. The number of nitrogens with zero attached hydrogens (tertiary/aromatic N) is 2. The highest BCUT2D eigenvalue weighted by atomic mass is 16.5. The van der Waals surface area contributed by atoms with Gasteiger partial charge in [0.05, 0.1) is 18.5 Å². The highest BCUT2D eigenvalue weighted by Crippen LogP contribution is 2.27. The Balaban J connectivity index is 1.67. The maximum Gasteiger partial charge on any atom is 0.256 e. The molecule has 0 bridgehead atoms. The van der Waals surface area contributed by atoms with Crippen molar-refractivity contribution in [2.75, 3.05) is 12.4 Å². The van der Waals surface area contributed by atoms with Gasteiger partial charge in [-0.3, -0.25) is 4.79 Å². The van der Waals surface area contributed by atoms with Gasteiger partial charge in [-0.15, -0.1) is 0 Å². The molecule has 0 radical (unpaired) electrons. The Labute approximate surface area is 163 Å².